The van der Waals surface area contributed by atoms with Crippen LogP contribution in [0.2, 0.25) is 0 Å². The third kappa shape index (κ3) is 4.82. The van der Waals surface area contributed by atoms with E-state index in [4.69, 9.17) is 4.43 Å². The van der Waals surface area contributed by atoms with Crippen molar-refractivity contribution in [3.63, 3.8) is 0 Å². The van der Waals surface area contributed by atoms with Crippen LogP contribution in [0.5, 0.6) is 0 Å². The molecule has 0 heterocycles. The van der Waals surface area contributed by atoms with Crippen molar-refractivity contribution in [3.05, 3.63) is 0 Å². The molecule has 0 radical (unpaired) electrons. The number of hydrogen-bond donors (Lipinski definition) is 0. The molecule has 1 nitrogen and oxygen atoms in total. The van der Waals surface area contributed by atoms with E-state index in [1.165, 1.54) is 38.5 Å². The Morgan fingerprint density at radius 2 is 1.54 bits per heavy atom. The molecule has 0 aromatic carbocycles. The monoisotopic (exact) mass is 202 g/mol. The molecule has 0 rings (SSSR count). The van der Waals surface area contributed by atoms with Crippen molar-refractivity contribution in [2.75, 3.05) is 6.61 Å². The van der Waals surface area contributed by atoms with E-state index in [1.807, 2.05) is 0 Å². The Balaban J connectivity index is 3.68. The zero-order chi connectivity index (χ0) is 10.2. The smallest absolute Gasteiger partial charge is 0.145 e. The van der Waals surface area contributed by atoms with Crippen LogP contribution in [0.4, 0.5) is 0 Å². The Morgan fingerprint density at radius 1 is 1.00 bits per heavy atom. The van der Waals surface area contributed by atoms with E-state index in [0.717, 1.165) is 17.1 Å². The molecule has 0 aromatic heterocycles. The van der Waals surface area contributed by atoms with E-state index in [-0.39, 0.29) is 0 Å². The highest BCUT2D eigenvalue weighted by molar-refractivity contribution is 5.97. The van der Waals surface area contributed by atoms with Crippen molar-refractivity contribution in [2.45, 2.75) is 59.3 Å². The second kappa shape index (κ2) is 7.57. The summed E-state index contributed by atoms with van der Waals surface area (Å²) >= 11 is 0. The van der Waals surface area contributed by atoms with Crippen molar-refractivity contribution < 1.29 is 4.43 Å². The molecule has 0 aliphatic carbocycles. The molecule has 0 saturated carbocycles. The van der Waals surface area contributed by atoms with E-state index >= 15 is 0 Å². The van der Waals surface area contributed by atoms with Gasteiger partial charge in [0.2, 0.25) is 0 Å². The van der Waals surface area contributed by atoms with Gasteiger partial charge in [-0.25, -0.2) is 0 Å². The number of rotatable bonds is 8. The van der Waals surface area contributed by atoms with Gasteiger partial charge in [0.1, 0.15) is 10.5 Å². The summed E-state index contributed by atoms with van der Waals surface area (Å²) in [6.07, 6.45) is 8.00. The summed E-state index contributed by atoms with van der Waals surface area (Å²) in [5.41, 5.74) is 0.630. The Bertz CT molecular complexity index is 102. The van der Waals surface area contributed by atoms with Gasteiger partial charge in [0.15, 0.2) is 0 Å². The zero-order valence-electron chi connectivity index (χ0n) is 9.86. The van der Waals surface area contributed by atoms with Crippen LogP contribution in [0.1, 0.15) is 59.3 Å². The summed E-state index contributed by atoms with van der Waals surface area (Å²) < 4.78 is 5.20. The molecule has 0 aromatic rings. The quantitative estimate of drug-likeness (QED) is 0.434. The van der Waals surface area contributed by atoms with Gasteiger partial charge in [0.05, 0.1) is 0 Å². The predicted octanol–water partition coefficient (Wildman–Crippen LogP) is 2.67. The predicted molar refractivity (Wildman–Crippen MR) is 63.0 cm³/mol. The van der Waals surface area contributed by atoms with E-state index in [2.05, 4.69) is 20.8 Å². The van der Waals surface area contributed by atoms with Gasteiger partial charge in [-0.3, -0.25) is 0 Å². The Morgan fingerprint density at radius 3 is 1.92 bits per heavy atom. The highest BCUT2D eigenvalue weighted by Gasteiger charge is 2.22. The summed E-state index contributed by atoms with van der Waals surface area (Å²) in [6, 6.07) is 0. The fourth-order valence-corrected chi connectivity index (χ4v) is 2.32. The lowest BCUT2D eigenvalue weighted by atomic mass is 9.76. The molecule has 13 heavy (non-hydrogen) atoms. The van der Waals surface area contributed by atoms with Crippen LogP contribution in [0.25, 0.3) is 0 Å². The highest BCUT2D eigenvalue weighted by Crippen LogP contribution is 2.35. The zero-order valence-corrected chi connectivity index (χ0v) is 11.9. The molecule has 2 heteroatoms. The summed E-state index contributed by atoms with van der Waals surface area (Å²) in [5.74, 6) is 0. The van der Waals surface area contributed by atoms with Crippen LogP contribution >= 0.6 is 0 Å². The summed E-state index contributed by atoms with van der Waals surface area (Å²) in [7, 11) is 0.898. The van der Waals surface area contributed by atoms with Crippen LogP contribution in [0.15, 0.2) is 0 Å². The highest BCUT2D eigenvalue weighted by atomic mass is 28.2. The topological polar surface area (TPSA) is 9.23 Å². The normalized spacial score (nSPS) is 12.2. The van der Waals surface area contributed by atoms with Crippen molar-refractivity contribution in [2.24, 2.45) is 5.41 Å². The lowest BCUT2D eigenvalue weighted by molar-refractivity contribution is 0.213. The summed E-state index contributed by atoms with van der Waals surface area (Å²) in [5, 5.41) is 0. The molecular weight excluding hydrogens is 176 g/mol. The molecule has 0 aliphatic rings. The van der Waals surface area contributed by atoms with E-state index < -0.39 is 0 Å². The average molecular weight is 202 g/mol. The minimum absolute atomic E-state index is 0.630. The second-order valence-electron chi connectivity index (χ2n) is 4.01. The minimum atomic E-state index is 0.630. The maximum atomic E-state index is 5.20. The average Bonchev–Trinajstić information content (AvgIpc) is 2.20. The SMILES string of the molecule is CCC(CC)(CC)CCCCO[SiH3]. The van der Waals surface area contributed by atoms with Gasteiger partial charge >= 0.3 is 0 Å². The molecule has 0 atom stereocenters. The van der Waals surface area contributed by atoms with Gasteiger partial charge < -0.3 is 4.43 Å². The van der Waals surface area contributed by atoms with Crippen LogP contribution in [0, 0.1) is 5.41 Å². The van der Waals surface area contributed by atoms with Gasteiger partial charge in [-0.1, -0.05) is 46.5 Å². The van der Waals surface area contributed by atoms with E-state index in [9.17, 15) is 0 Å². The van der Waals surface area contributed by atoms with Gasteiger partial charge in [-0.2, -0.15) is 0 Å². The summed E-state index contributed by atoms with van der Waals surface area (Å²) in [4.78, 5) is 0. The Hall–Kier alpha value is 0.177. The largest absolute Gasteiger partial charge is 0.428 e. The van der Waals surface area contributed by atoms with Crippen LogP contribution in [-0.4, -0.2) is 17.1 Å². The minimum Gasteiger partial charge on any atom is -0.428 e. The van der Waals surface area contributed by atoms with Gasteiger partial charge in [-0.15, -0.1) is 0 Å². The maximum absolute atomic E-state index is 5.20. The van der Waals surface area contributed by atoms with E-state index in [1.54, 1.807) is 0 Å². The standard InChI is InChI=1S/C11H26OSi/c1-4-11(5-2,6-3)9-7-8-10-12-13/h4-10H2,1-3,13H3. The van der Waals surface area contributed by atoms with E-state index in [0.29, 0.717) is 5.41 Å². The third-order valence-corrected chi connectivity index (χ3v) is 3.96. The van der Waals surface area contributed by atoms with Gasteiger partial charge in [-0.05, 0) is 18.3 Å². The van der Waals surface area contributed by atoms with Crippen molar-refractivity contribution in [1.29, 1.82) is 0 Å². The fourth-order valence-electron chi connectivity index (χ4n) is 2.03. The number of hydrogen-bond acceptors (Lipinski definition) is 1. The first kappa shape index (κ1) is 13.2. The van der Waals surface area contributed by atoms with Gasteiger partial charge in [0, 0.05) is 6.61 Å². The van der Waals surface area contributed by atoms with Crippen LogP contribution in [-0.2, 0) is 4.43 Å². The molecule has 0 aliphatic heterocycles. The lowest BCUT2D eigenvalue weighted by Gasteiger charge is -2.30. The third-order valence-electron chi connectivity index (χ3n) is 3.56. The van der Waals surface area contributed by atoms with Crippen LogP contribution in [0.3, 0.4) is 0 Å². The fraction of sp³-hybridized carbons (Fsp3) is 1.00. The molecule has 0 saturated heterocycles. The molecule has 0 bridgehead atoms. The Labute approximate surface area is 86.8 Å². The van der Waals surface area contributed by atoms with Gasteiger partial charge in [0.25, 0.3) is 0 Å². The molecule has 80 valence electrons. The molecule has 0 unspecified atom stereocenters. The molecular formula is C11H26OSi. The summed E-state index contributed by atoms with van der Waals surface area (Å²) in [6.45, 7) is 7.97. The molecule has 0 amide bonds. The molecule has 0 N–H and O–H groups in total. The van der Waals surface area contributed by atoms with Crippen molar-refractivity contribution in [3.8, 4) is 0 Å². The van der Waals surface area contributed by atoms with Crippen LogP contribution < -0.4 is 0 Å². The molecule has 0 spiro atoms. The van der Waals surface area contributed by atoms with Crippen molar-refractivity contribution >= 4 is 10.5 Å². The second-order valence-corrected chi connectivity index (χ2v) is 4.59. The first-order valence-corrected chi connectivity index (χ1v) is 6.55. The lowest BCUT2D eigenvalue weighted by Crippen LogP contribution is -2.17. The molecule has 0 fully saturated rings. The number of unbranched alkanes of at least 4 members (excludes halogenated alkanes) is 1. The van der Waals surface area contributed by atoms with Crippen molar-refractivity contribution in [1.82, 2.24) is 0 Å². The Kier molecular flexibility index (Phi) is 7.67. The first-order chi connectivity index (χ1) is 6.24. The first-order valence-electron chi connectivity index (χ1n) is 5.73. The maximum Gasteiger partial charge on any atom is 0.145 e.